The molecular formula is C25H50N2O6Si2. The van der Waals surface area contributed by atoms with Crippen molar-refractivity contribution in [2.45, 2.75) is 58.2 Å². The van der Waals surface area contributed by atoms with E-state index in [1.165, 1.54) is 5.56 Å². The van der Waals surface area contributed by atoms with Crippen molar-refractivity contribution in [1.82, 2.24) is 10.6 Å². The van der Waals surface area contributed by atoms with Gasteiger partial charge in [0.15, 0.2) is 0 Å². The second kappa shape index (κ2) is 21.0. The second-order valence-corrected chi connectivity index (χ2v) is 13.7. The first-order valence-corrected chi connectivity index (χ1v) is 16.4. The lowest BCUT2D eigenvalue weighted by Gasteiger charge is -2.32. The van der Waals surface area contributed by atoms with Crippen LogP contribution < -0.4 is 10.6 Å². The van der Waals surface area contributed by atoms with Crippen molar-refractivity contribution in [1.29, 1.82) is 0 Å². The third kappa shape index (κ3) is 14.9. The summed E-state index contributed by atoms with van der Waals surface area (Å²) in [5, 5.41) is 6.19. The van der Waals surface area contributed by atoms with Crippen LogP contribution in [0.15, 0.2) is 43.1 Å². The Hall–Kier alpha value is -1.09. The highest BCUT2D eigenvalue weighted by molar-refractivity contribution is 6.61. The van der Waals surface area contributed by atoms with Crippen LogP contribution in [0.4, 0.5) is 0 Å². The van der Waals surface area contributed by atoms with Crippen LogP contribution >= 0.6 is 0 Å². The third-order valence-electron chi connectivity index (χ3n) is 5.27. The molecule has 8 nitrogen and oxygen atoms in total. The maximum atomic E-state index is 6.34. The van der Waals surface area contributed by atoms with Crippen molar-refractivity contribution in [2.24, 2.45) is 0 Å². The summed E-state index contributed by atoms with van der Waals surface area (Å²) in [5.41, 5.74) is 1.27. The summed E-state index contributed by atoms with van der Waals surface area (Å²) in [5.74, 6) is 0. The van der Waals surface area contributed by atoms with Crippen molar-refractivity contribution in [3.05, 3.63) is 48.7 Å². The van der Waals surface area contributed by atoms with Crippen LogP contribution in [0.3, 0.4) is 0 Å². The molecule has 10 heteroatoms. The lowest BCUT2D eigenvalue weighted by atomic mass is 10.1. The largest absolute Gasteiger partial charge is 0.501 e. The van der Waals surface area contributed by atoms with Gasteiger partial charge in [0.1, 0.15) is 0 Å². The number of hydrogen-bond donors (Lipinski definition) is 2. The van der Waals surface area contributed by atoms with E-state index in [0.29, 0.717) is 13.2 Å². The molecule has 0 radical (unpaired) electrons. The van der Waals surface area contributed by atoms with E-state index < -0.39 is 17.6 Å². The molecular weight excluding hydrogens is 480 g/mol. The molecule has 0 bridgehead atoms. The lowest BCUT2D eigenvalue weighted by Crippen LogP contribution is -2.48. The Bertz CT molecular complexity index is 609. The Kier molecular flexibility index (Phi) is 20.4. The normalized spacial score (nSPS) is 12.5. The van der Waals surface area contributed by atoms with E-state index in [2.05, 4.69) is 48.4 Å². The molecule has 1 aromatic carbocycles. The van der Waals surface area contributed by atoms with Gasteiger partial charge in [0.25, 0.3) is 0 Å². The fourth-order valence-electron chi connectivity index (χ4n) is 3.59. The van der Waals surface area contributed by atoms with Crippen LogP contribution in [-0.2, 0) is 33.0 Å². The van der Waals surface area contributed by atoms with Crippen LogP contribution in [-0.4, -0.2) is 78.4 Å². The van der Waals surface area contributed by atoms with Gasteiger partial charge in [0.2, 0.25) is 0 Å². The zero-order chi connectivity index (χ0) is 26.4. The average Bonchev–Trinajstić information content (AvgIpc) is 2.86. The van der Waals surface area contributed by atoms with E-state index in [0.717, 1.165) is 44.4 Å². The van der Waals surface area contributed by atoms with E-state index >= 15 is 0 Å². The standard InChI is InChI=1S/C18H31NO3Si.C7H19NO3Si/c1-5-19-14-11-15-23(20-6-2,21-7-3)22-17(4)16-18-12-9-8-10-13-18;1-8-6-5-7-12(9-2,10-3)11-4/h5,8-10,12-13,17,19H,1,6-7,11,14-16H2,2-4H3;8H,5-7H2,1-4H3. The van der Waals surface area contributed by atoms with E-state index in [1.807, 2.05) is 27.0 Å². The Labute approximate surface area is 216 Å². The van der Waals surface area contributed by atoms with Gasteiger partial charge in [-0.15, -0.1) is 0 Å². The zero-order valence-corrected chi connectivity index (χ0v) is 25.1. The Balaban J connectivity index is 0.000000814. The van der Waals surface area contributed by atoms with Gasteiger partial charge in [0, 0.05) is 53.2 Å². The minimum absolute atomic E-state index is 0.0644. The highest BCUT2D eigenvalue weighted by Gasteiger charge is 2.41. The van der Waals surface area contributed by atoms with Crippen LogP contribution in [0.25, 0.3) is 0 Å². The van der Waals surface area contributed by atoms with Gasteiger partial charge < -0.3 is 37.2 Å². The van der Waals surface area contributed by atoms with Crippen molar-refractivity contribution in [2.75, 3.05) is 54.7 Å². The molecule has 0 aromatic heterocycles. The quantitative estimate of drug-likeness (QED) is 0.191. The molecule has 204 valence electrons. The highest BCUT2D eigenvalue weighted by Crippen LogP contribution is 2.21. The number of hydrogen-bond acceptors (Lipinski definition) is 8. The molecule has 0 aliphatic heterocycles. The highest BCUT2D eigenvalue weighted by atomic mass is 28.4. The molecule has 35 heavy (non-hydrogen) atoms. The molecule has 1 unspecified atom stereocenters. The summed E-state index contributed by atoms with van der Waals surface area (Å²) in [6, 6.07) is 12.1. The first-order valence-electron chi connectivity index (χ1n) is 12.5. The van der Waals surface area contributed by atoms with Gasteiger partial charge in [-0.3, -0.25) is 0 Å². The SMILES string of the molecule is C=CNCCC[Si](OCC)(OCC)OC(C)Cc1ccccc1.CNCCC[Si](OC)(OC)OC. The molecule has 0 saturated carbocycles. The Morgan fingerprint density at radius 3 is 1.91 bits per heavy atom. The smallest absolute Gasteiger partial charge is 0.391 e. The number of nitrogens with one attached hydrogen (secondary N) is 2. The third-order valence-corrected chi connectivity index (χ3v) is 11.3. The summed E-state index contributed by atoms with van der Waals surface area (Å²) in [4.78, 5) is 0. The number of benzene rings is 1. The fourth-order valence-corrected chi connectivity index (χ4v) is 8.13. The van der Waals surface area contributed by atoms with Crippen LogP contribution in [0.5, 0.6) is 0 Å². The maximum Gasteiger partial charge on any atom is 0.501 e. The van der Waals surface area contributed by atoms with E-state index in [-0.39, 0.29) is 6.10 Å². The van der Waals surface area contributed by atoms with Gasteiger partial charge >= 0.3 is 17.6 Å². The van der Waals surface area contributed by atoms with Gasteiger partial charge in [-0.2, -0.15) is 0 Å². The molecule has 0 saturated heterocycles. The average molecular weight is 531 g/mol. The van der Waals surface area contributed by atoms with Crippen molar-refractivity contribution < 1.29 is 26.6 Å². The van der Waals surface area contributed by atoms with Gasteiger partial charge in [-0.05, 0) is 65.4 Å². The summed E-state index contributed by atoms with van der Waals surface area (Å²) >= 11 is 0. The molecule has 2 N–H and O–H groups in total. The molecule has 0 heterocycles. The molecule has 1 rings (SSSR count). The molecule has 1 atom stereocenters. The van der Waals surface area contributed by atoms with Crippen LogP contribution in [0, 0.1) is 0 Å². The molecule has 1 aromatic rings. The molecule has 0 spiro atoms. The van der Waals surface area contributed by atoms with Crippen molar-refractivity contribution >= 4 is 17.6 Å². The molecule has 0 amide bonds. The van der Waals surface area contributed by atoms with Crippen molar-refractivity contribution in [3.8, 4) is 0 Å². The van der Waals surface area contributed by atoms with Gasteiger partial charge in [-0.25, -0.2) is 0 Å². The number of rotatable bonds is 20. The second-order valence-electron chi connectivity index (χ2n) is 7.93. The topological polar surface area (TPSA) is 79.4 Å². The summed E-state index contributed by atoms with van der Waals surface area (Å²) in [7, 11) is 1.91. The first kappa shape index (κ1) is 33.9. The van der Waals surface area contributed by atoms with E-state index in [9.17, 15) is 0 Å². The van der Waals surface area contributed by atoms with E-state index in [1.54, 1.807) is 27.5 Å². The minimum atomic E-state index is -2.64. The lowest BCUT2D eigenvalue weighted by molar-refractivity contribution is 0.0382. The van der Waals surface area contributed by atoms with Gasteiger partial charge in [0.05, 0.1) is 6.10 Å². The molecule has 0 aliphatic rings. The van der Waals surface area contributed by atoms with E-state index in [4.69, 9.17) is 26.6 Å². The van der Waals surface area contributed by atoms with Crippen LogP contribution in [0.2, 0.25) is 12.1 Å². The summed E-state index contributed by atoms with van der Waals surface area (Å²) in [6.07, 6.45) is 4.59. The van der Waals surface area contributed by atoms with Gasteiger partial charge in [-0.1, -0.05) is 36.9 Å². The first-order chi connectivity index (χ1) is 16.9. The summed E-state index contributed by atoms with van der Waals surface area (Å²) < 4.78 is 34.1. The zero-order valence-electron chi connectivity index (χ0n) is 23.1. The minimum Gasteiger partial charge on any atom is -0.391 e. The molecule has 0 fully saturated rings. The predicted octanol–water partition coefficient (Wildman–Crippen LogP) is 4.24. The fraction of sp³-hybridized carbons (Fsp3) is 0.680. The van der Waals surface area contributed by atoms with Crippen molar-refractivity contribution in [3.63, 3.8) is 0 Å². The van der Waals surface area contributed by atoms with Crippen LogP contribution in [0.1, 0.15) is 39.2 Å². The Morgan fingerprint density at radius 2 is 1.43 bits per heavy atom. The molecule has 0 aliphatic carbocycles. The predicted molar refractivity (Wildman–Crippen MR) is 147 cm³/mol. The summed E-state index contributed by atoms with van der Waals surface area (Å²) in [6.45, 7) is 12.8. The maximum absolute atomic E-state index is 6.34. The monoisotopic (exact) mass is 530 g/mol. The Morgan fingerprint density at radius 1 is 0.886 bits per heavy atom.